The van der Waals surface area contributed by atoms with Crippen LogP contribution in [-0.4, -0.2) is 18.6 Å². The second-order valence-electron chi connectivity index (χ2n) is 3.89. The molecule has 1 amide bonds. The van der Waals surface area contributed by atoms with Crippen molar-refractivity contribution in [2.24, 2.45) is 5.73 Å². The SMILES string of the molecule is C=CCNC(=O)C(C)Oc1c(Br)cc(CN)cc1Br. The number of amides is 1. The van der Waals surface area contributed by atoms with Gasteiger partial charge in [0.25, 0.3) is 5.91 Å². The molecule has 0 spiro atoms. The third-order valence-electron chi connectivity index (χ3n) is 2.38. The van der Waals surface area contributed by atoms with E-state index in [1.807, 2.05) is 12.1 Å². The van der Waals surface area contributed by atoms with E-state index in [4.69, 9.17) is 10.5 Å². The molecule has 1 unspecified atom stereocenters. The molecule has 1 rings (SSSR count). The Balaban J connectivity index is 2.82. The number of carbonyl (C=O) groups excluding carboxylic acids is 1. The molecule has 0 aliphatic carbocycles. The molecule has 19 heavy (non-hydrogen) atoms. The van der Waals surface area contributed by atoms with Crippen LogP contribution in [0.4, 0.5) is 0 Å². The van der Waals surface area contributed by atoms with Crippen LogP contribution in [-0.2, 0) is 11.3 Å². The van der Waals surface area contributed by atoms with E-state index in [-0.39, 0.29) is 5.91 Å². The number of hydrogen-bond acceptors (Lipinski definition) is 3. The number of benzene rings is 1. The second kappa shape index (κ2) is 7.67. The van der Waals surface area contributed by atoms with Crippen LogP contribution in [0.2, 0.25) is 0 Å². The molecular weight excluding hydrogens is 376 g/mol. The fraction of sp³-hybridized carbons (Fsp3) is 0.308. The molecule has 0 radical (unpaired) electrons. The summed E-state index contributed by atoms with van der Waals surface area (Å²) >= 11 is 6.82. The molecule has 0 aliphatic heterocycles. The number of nitrogens with one attached hydrogen (secondary N) is 1. The summed E-state index contributed by atoms with van der Waals surface area (Å²) in [6, 6.07) is 3.74. The molecule has 0 bridgehead atoms. The highest BCUT2D eigenvalue weighted by molar-refractivity contribution is 9.11. The van der Waals surface area contributed by atoms with Crippen molar-refractivity contribution in [2.45, 2.75) is 19.6 Å². The topological polar surface area (TPSA) is 64.3 Å². The molecule has 4 nitrogen and oxygen atoms in total. The average Bonchev–Trinajstić information content (AvgIpc) is 2.39. The molecule has 104 valence electrons. The molecule has 3 N–H and O–H groups in total. The summed E-state index contributed by atoms with van der Waals surface area (Å²) in [7, 11) is 0. The van der Waals surface area contributed by atoms with Crippen LogP contribution in [0.3, 0.4) is 0 Å². The van der Waals surface area contributed by atoms with Gasteiger partial charge in [0.2, 0.25) is 0 Å². The summed E-state index contributed by atoms with van der Waals surface area (Å²) in [5.74, 6) is 0.389. The van der Waals surface area contributed by atoms with Crippen LogP contribution >= 0.6 is 31.9 Å². The number of hydrogen-bond donors (Lipinski definition) is 2. The maximum atomic E-state index is 11.7. The smallest absolute Gasteiger partial charge is 0.261 e. The zero-order valence-corrected chi connectivity index (χ0v) is 13.8. The summed E-state index contributed by atoms with van der Waals surface area (Å²) < 4.78 is 7.16. The molecule has 0 aromatic heterocycles. The van der Waals surface area contributed by atoms with Crippen LogP contribution < -0.4 is 15.8 Å². The Morgan fingerprint density at radius 2 is 2.11 bits per heavy atom. The van der Waals surface area contributed by atoms with Gasteiger partial charge in [0, 0.05) is 13.1 Å². The quantitative estimate of drug-likeness (QED) is 0.732. The fourth-order valence-corrected chi connectivity index (χ4v) is 2.86. The van der Waals surface area contributed by atoms with Crippen molar-refractivity contribution in [1.29, 1.82) is 0 Å². The van der Waals surface area contributed by atoms with E-state index in [0.29, 0.717) is 18.8 Å². The van der Waals surface area contributed by atoms with Crippen molar-refractivity contribution < 1.29 is 9.53 Å². The largest absolute Gasteiger partial charge is 0.479 e. The van der Waals surface area contributed by atoms with Crippen LogP contribution in [0.1, 0.15) is 12.5 Å². The van der Waals surface area contributed by atoms with Crippen molar-refractivity contribution in [3.05, 3.63) is 39.3 Å². The number of halogens is 2. The molecule has 1 aromatic carbocycles. The lowest BCUT2D eigenvalue weighted by Gasteiger charge is -2.17. The maximum absolute atomic E-state index is 11.7. The highest BCUT2D eigenvalue weighted by Crippen LogP contribution is 2.35. The third kappa shape index (κ3) is 4.63. The number of nitrogens with two attached hydrogens (primary N) is 1. The van der Waals surface area contributed by atoms with E-state index in [9.17, 15) is 4.79 Å². The molecule has 0 aliphatic rings. The van der Waals surface area contributed by atoms with Crippen molar-refractivity contribution in [2.75, 3.05) is 6.54 Å². The van der Waals surface area contributed by atoms with Gasteiger partial charge in [0.05, 0.1) is 8.95 Å². The van der Waals surface area contributed by atoms with Gasteiger partial charge in [-0.25, -0.2) is 0 Å². The van der Waals surface area contributed by atoms with Gasteiger partial charge in [-0.1, -0.05) is 6.08 Å². The Morgan fingerprint density at radius 3 is 2.58 bits per heavy atom. The van der Waals surface area contributed by atoms with Gasteiger partial charge in [-0.3, -0.25) is 4.79 Å². The number of rotatable bonds is 6. The summed E-state index contributed by atoms with van der Waals surface area (Å²) in [5.41, 5.74) is 6.55. The molecule has 1 aromatic rings. The molecule has 1 atom stereocenters. The Labute approximate surface area is 129 Å². The minimum Gasteiger partial charge on any atom is -0.479 e. The lowest BCUT2D eigenvalue weighted by molar-refractivity contribution is -0.127. The minimum absolute atomic E-state index is 0.193. The number of ether oxygens (including phenoxy) is 1. The van der Waals surface area contributed by atoms with E-state index in [0.717, 1.165) is 14.5 Å². The fourth-order valence-electron chi connectivity index (χ4n) is 1.39. The highest BCUT2D eigenvalue weighted by atomic mass is 79.9. The maximum Gasteiger partial charge on any atom is 0.261 e. The van der Waals surface area contributed by atoms with Gasteiger partial charge in [-0.2, -0.15) is 0 Å². The van der Waals surface area contributed by atoms with E-state index >= 15 is 0 Å². The van der Waals surface area contributed by atoms with Gasteiger partial charge >= 0.3 is 0 Å². The average molecular weight is 392 g/mol. The molecular formula is C13H16Br2N2O2. The summed E-state index contributed by atoms with van der Waals surface area (Å²) in [5, 5.41) is 2.68. The van der Waals surface area contributed by atoms with Gasteiger partial charge in [0.15, 0.2) is 6.10 Å². The van der Waals surface area contributed by atoms with Gasteiger partial charge < -0.3 is 15.8 Å². The lowest BCUT2D eigenvalue weighted by Crippen LogP contribution is -2.36. The van der Waals surface area contributed by atoms with Crippen LogP contribution in [0.15, 0.2) is 33.7 Å². The monoisotopic (exact) mass is 390 g/mol. The van der Waals surface area contributed by atoms with Crippen LogP contribution in [0, 0.1) is 0 Å². The van der Waals surface area contributed by atoms with Crippen LogP contribution in [0.25, 0.3) is 0 Å². The van der Waals surface area contributed by atoms with Gasteiger partial charge in [-0.05, 0) is 56.5 Å². The predicted octanol–water partition coefficient (Wildman–Crippen LogP) is 2.74. The molecule has 0 heterocycles. The Morgan fingerprint density at radius 1 is 1.53 bits per heavy atom. The predicted molar refractivity (Wildman–Crippen MR) is 83.0 cm³/mol. The van der Waals surface area contributed by atoms with Crippen molar-refractivity contribution >= 4 is 37.8 Å². The van der Waals surface area contributed by atoms with Gasteiger partial charge in [0.1, 0.15) is 5.75 Å². The van der Waals surface area contributed by atoms with Crippen molar-refractivity contribution in [3.63, 3.8) is 0 Å². The first-order valence-corrected chi connectivity index (χ1v) is 7.31. The zero-order valence-electron chi connectivity index (χ0n) is 10.6. The number of carbonyl (C=O) groups is 1. The Bertz CT molecular complexity index is 455. The van der Waals surface area contributed by atoms with E-state index < -0.39 is 6.10 Å². The van der Waals surface area contributed by atoms with Gasteiger partial charge in [-0.15, -0.1) is 6.58 Å². The van der Waals surface area contributed by atoms with E-state index in [2.05, 4.69) is 43.8 Å². The zero-order chi connectivity index (χ0) is 14.4. The standard InChI is InChI=1S/C13H16Br2N2O2/c1-3-4-17-13(18)8(2)19-12-10(14)5-9(7-16)6-11(12)15/h3,5-6,8H,1,4,7,16H2,2H3,(H,17,18). The lowest BCUT2D eigenvalue weighted by atomic mass is 10.2. The summed E-state index contributed by atoms with van der Waals surface area (Å²) in [6.45, 7) is 6.08. The first-order chi connectivity index (χ1) is 8.99. The highest BCUT2D eigenvalue weighted by Gasteiger charge is 2.17. The Kier molecular flexibility index (Phi) is 6.54. The molecule has 0 saturated heterocycles. The normalized spacial score (nSPS) is 11.8. The van der Waals surface area contributed by atoms with Crippen LogP contribution in [0.5, 0.6) is 5.75 Å². The molecule has 0 saturated carbocycles. The second-order valence-corrected chi connectivity index (χ2v) is 5.60. The van der Waals surface area contributed by atoms with Crippen molar-refractivity contribution in [1.82, 2.24) is 5.32 Å². The molecule has 0 fully saturated rings. The first kappa shape index (κ1) is 16.2. The summed E-state index contributed by atoms with van der Waals surface area (Å²) in [6.07, 6.45) is 1.02. The summed E-state index contributed by atoms with van der Waals surface area (Å²) in [4.78, 5) is 11.7. The third-order valence-corrected chi connectivity index (χ3v) is 3.56. The van der Waals surface area contributed by atoms with Crippen molar-refractivity contribution in [3.8, 4) is 5.75 Å². The van der Waals surface area contributed by atoms with E-state index in [1.54, 1.807) is 13.0 Å². The first-order valence-electron chi connectivity index (χ1n) is 5.72. The van der Waals surface area contributed by atoms with E-state index in [1.165, 1.54) is 0 Å². The minimum atomic E-state index is -0.601. The molecule has 6 heteroatoms. The Hall–Kier alpha value is -0.850.